The number of hydrogen-bond donors (Lipinski definition) is 4. The highest BCUT2D eigenvalue weighted by Crippen LogP contribution is 2.25. The first kappa shape index (κ1) is 13.3. The molecule has 0 radical (unpaired) electrons. The van der Waals surface area contributed by atoms with Crippen molar-refractivity contribution in [2.45, 2.75) is 32.4 Å². The molecule has 5 nitrogen and oxygen atoms in total. The van der Waals surface area contributed by atoms with E-state index >= 15 is 0 Å². The fourth-order valence-electron chi connectivity index (χ4n) is 1.13. The van der Waals surface area contributed by atoms with E-state index < -0.39 is 17.6 Å². The summed E-state index contributed by atoms with van der Waals surface area (Å²) in [4.78, 5) is 11.8. The largest absolute Gasteiger partial charge is 0.504 e. The first-order chi connectivity index (χ1) is 7.74. The van der Waals surface area contributed by atoms with E-state index in [1.54, 1.807) is 20.8 Å². The van der Waals surface area contributed by atoms with Crippen LogP contribution < -0.4 is 5.32 Å². The third-order valence-corrected chi connectivity index (χ3v) is 2.72. The van der Waals surface area contributed by atoms with Crippen molar-refractivity contribution in [3.05, 3.63) is 23.8 Å². The number of carbonyl (C=O) groups is 1. The Labute approximate surface area is 99.7 Å². The SMILES string of the molecule is CC(O)C(C)(C)NC(=O)c1ccc(O)c(O)c1. The molecule has 1 rings (SSSR count). The minimum absolute atomic E-state index is 0.217. The van der Waals surface area contributed by atoms with Crippen molar-refractivity contribution < 1.29 is 20.1 Å². The minimum atomic E-state index is -0.773. The second-order valence-corrected chi connectivity index (χ2v) is 4.56. The number of aromatic hydroxyl groups is 2. The van der Waals surface area contributed by atoms with Gasteiger partial charge in [0.1, 0.15) is 0 Å². The van der Waals surface area contributed by atoms with Crippen LogP contribution in [0.4, 0.5) is 0 Å². The van der Waals surface area contributed by atoms with Crippen LogP contribution in [0, 0.1) is 0 Å². The molecule has 0 saturated carbocycles. The summed E-state index contributed by atoms with van der Waals surface area (Å²) >= 11 is 0. The molecule has 5 heteroatoms. The van der Waals surface area contributed by atoms with Gasteiger partial charge in [0.15, 0.2) is 11.5 Å². The number of aliphatic hydroxyl groups is 1. The average molecular weight is 239 g/mol. The van der Waals surface area contributed by atoms with Gasteiger partial charge in [-0.3, -0.25) is 4.79 Å². The Hall–Kier alpha value is -1.75. The van der Waals surface area contributed by atoms with E-state index in [4.69, 9.17) is 5.11 Å². The maximum atomic E-state index is 11.8. The maximum absolute atomic E-state index is 11.8. The third-order valence-electron chi connectivity index (χ3n) is 2.72. The van der Waals surface area contributed by atoms with Crippen LogP contribution in [0.2, 0.25) is 0 Å². The Balaban J connectivity index is 2.87. The topological polar surface area (TPSA) is 89.8 Å². The molecule has 0 aromatic heterocycles. The molecule has 94 valence electrons. The van der Waals surface area contributed by atoms with Crippen LogP contribution in [0.15, 0.2) is 18.2 Å². The number of rotatable bonds is 3. The summed E-state index contributed by atoms with van der Waals surface area (Å²) in [5.41, 5.74) is -0.557. The Morgan fingerprint density at radius 1 is 1.29 bits per heavy atom. The summed E-state index contributed by atoms with van der Waals surface area (Å²) in [7, 11) is 0. The highest BCUT2D eigenvalue weighted by Gasteiger charge is 2.26. The van der Waals surface area contributed by atoms with Gasteiger partial charge in [0, 0.05) is 5.56 Å². The van der Waals surface area contributed by atoms with Crippen LogP contribution in [-0.4, -0.2) is 32.9 Å². The normalized spacial score (nSPS) is 13.2. The number of nitrogens with one attached hydrogen (secondary N) is 1. The molecule has 1 aromatic rings. The standard InChI is InChI=1S/C12H17NO4/c1-7(14)12(2,3)13-11(17)8-4-5-9(15)10(16)6-8/h4-7,14-16H,1-3H3,(H,13,17). The quantitative estimate of drug-likeness (QED) is 0.592. The van der Waals surface area contributed by atoms with E-state index in [0.29, 0.717) is 0 Å². The zero-order valence-corrected chi connectivity index (χ0v) is 10.1. The molecule has 0 bridgehead atoms. The molecule has 1 aromatic carbocycles. The summed E-state index contributed by atoms with van der Waals surface area (Å²) in [5, 5.41) is 30.5. The molecule has 17 heavy (non-hydrogen) atoms. The van der Waals surface area contributed by atoms with Gasteiger partial charge in [-0.1, -0.05) is 0 Å². The second kappa shape index (κ2) is 4.63. The van der Waals surface area contributed by atoms with Crippen molar-refractivity contribution in [1.82, 2.24) is 5.32 Å². The Kier molecular flexibility index (Phi) is 3.63. The van der Waals surface area contributed by atoms with Gasteiger partial charge < -0.3 is 20.6 Å². The van der Waals surface area contributed by atoms with Gasteiger partial charge >= 0.3 is 0 Å². The second-order valence-electron chi connectivity index (χ2n) is 4.56. The molecule has 0 aliphatic carbocycles. The van der Waals surface area contributed by atoms with Crippen LogP contribution in [0.25, 0.3) is 0 Å². The fourth-order valence-corrected chi connectivity index (χ4v) is 1.13. The number of aliphatic hydroxyl groups excluding tert-OH is 1. The molecule has 4 N–H and O–H groups in total. The Morgan fingerprint density at radius 3 is 2.35 bits per heavy atom. The molecule has 0 spiro atoms. The van der Waals surface area contributed by atoms with E-state index in [2.05, 4.69) is 5.32 Å². The first-order valence-electron chi connectivity index (χ1n) is 5.26. The number of phenolic OH excluding ortho intramolecular Hbond substituents is 2. The highest BCUT2D eigenvalue weighted by molar-refractivity contribution is 5.95. The van der Waals surface area contributed by atoms with Crippen LogP contribution in [-0.2, 0) is 0 Å². The average Bonchev–Trinajstić information content (AvgIpc) is 2.21. The number of carbonyl (C=O) groups excluding carboxylic acids is 1. The van der Waals surface area contributed by atoms with Crippen molar-refractivity contribution in [3.63, 3.8) is 0 Å². The zero-order chi connectivity index (χ0) is 13.2. The summed E-state index contributed by atoms with van der Waals surface area (Å²) in [5.74, 6) is -1.06. The van der Waals surface area contributed by atoms with Crippen LogP contribution >= 0.6 is 0 Å². The maximum Gasteiger partial charge on any atom is 0.251 e. The summed E-state index contributed by atoms with van der Waals surface area (Å²) in [6.45, 7) is 4.96. The van der Waals surface area contributed by atoms with Gasteiger partial charge in [0.2, 0.25) is 0 Å². The molecule has 1 unspecified atom stereocenters. The van der Waals surface area contributed by atoms with Crippen molar-refractivity contribution in [3.8, 4) is 11.5 Å². The lowest BCUT2D eigenvalue weighted by atomic mass is 9.98. The third kappa shape index (κ3) is 3.10. The summed E-state index contributed by atoms with van der Waals surface area (Å²) in [6.07, 6.45) is -0.711. The van der Waals surface area contributed by atoms with Crippen LogP contribution in [0.3, 0.4) is 0 Å². The van der Waals surface area contributed by atoms with Crippen molar-refractivity contribution in [2.75, 3.05) is 0 Å². The van der Waals surface area contributed by atoms with E-state index in [0.717, 1.165) is 0 Å². The molecule has 0 heterocycles. The van der Waals surface area contributed by atoms with Gasteiger partial charge in [-0.25, -0.2) is 0 Å². The summed E-state index contributed by atoms with van der Waals surface area (Å²) in [6, 6.07) is 3.80. The van der Waals surface area contributed by atoms with Crippen LogP contribution in [0.5, 0.6) is 11.5 Å². The molecule has 0 aliphatic rings. The predicted octanol–water partition coefficient (Wildman–Crippen LogP) is 0.987. The predicted molar refractivity (Wildman–Crippen MR) is 63.0 cm³/mol. The number of benzene rings is 1. The summed E-state index contributed by atoms with van der Waals surface area (Å²) < 4.78 is 0. The van der Waals surface area contributed by atoms with Crippen molar-refractivity contribution in [2.24, 2.45) is 0 Å². The Bertz CT molecular complexity index is 427. The molecule has 1 atom stereocenters. The molecular formula is C12H17NO4. The first-order valence-corrected chi connectivity index (χ1v) is 5.26. The lowest BCUT2D eigenvalue weighted by Crippen LogP contribution is -2.50. The van der Waals surface area contributed by atoms with Gasteiger partial charge in [0.05, 0.1) is 11.6 Å². The monoisotopic (exact) mass is 239 g/mol. The fraction of sp³-hybridized carbons (Fsp3) is 0.417. The van der Waals surface area contributed by atoms with Crippen LogP contribution in [0.1, 0.15) is 31.1 Å². The van der Waals surface area contributed by atoms with E-state index in [1.807, 2.05) is 0 Å². The molecule has 1 amide bonds. The van der Waals surface area contributed by atoms with Gasteiger partial charge in [-0.15, -0.1) is 0 Å². The van der Waals surface area contributed by atoms with Gasteiger partial charge in [-0.2, -0.15) is 0 Å². The zero-order valence-electron chi connectivity index (χ0n) is 10.1. The smallest absolute Gasteiger partial charge is 0.251 e. The number of amides is 1. The van der Waals surface area contributed by atoms with Gasteiger partial charge in [0.25, 0.3) is 5.91 Å². The molecule has 0 aliphatic heterocycles. The van der Waals surface area contributed by atoms with Crippen molar-refractivity contribution in [1.29, 1.82) is 0 Å². The number of phenols is 2. The molecule has 0 fully saturated rings. The minimum Gasteiger partial charge on any atom is -0.504 e. The lowest BCUT2D eigenvalue weighted by Gasteiger charge is -2.29. The number of hydrogen-bond acceptors (Lipinski definition) is 4. The van der Waals surface area contributed by atoms with E-state index in [9.17, 15) is 15.0 Å². The highest BCUT2D eigenvalue weighted by atomic mass is 16.3. The molecule has 0 saturated heterocycles. The van der Waals surface area contributed by atoms with Crippen molar-refractivity contribution >= 4 is 5.91 Å². The molecular weight excluding hydrogens is 222 g/mol. The van der Waals surface area contributed by atoms with Gasteiger partial charge in [-0.05, 0) is 39.0 Å². The lowest BCUT2D eigenvalue weighted by molar-refractivity contribution is 0.0709. The van der Waals surface area contributed by atoms with E-state index in [1.165, 1.54) is 18.2 Å². The van der Waals surface area contributed by atoms with E-state index in [-0.39, 0.29) is 17.1 Å². The Morgan fingerprint density at radius 2 is 1.88 bits per heavy atom.